The van der Waals surface area contributed by atoms with Crippen LogP contribution >= 0.6 is 0 Å². The first-order chi connectivity index (χ1) is 11.2. The van der Waals surface area contributed by atoms with Gasteiger partial charge in [-0.15, -0.1) is 0 Å². The molecule has 0 bridgehead atoms. The maximum absolute atomic E-state index is 12.3. The monoisotopic (exact) mass is 315 g/mol. The number of anilines is 1. The molecule has 1 aromatic heterocycles. The van der Waals surface area contributed by atoms with Gasteiger partial charge in [0.05, 0.1) is 12.6 Å². The Morgan fingerprint density at radius 3 is 3.00 bits per heavy atom. The number of nitrogens with one attached hydrogen (secondary N) is 1. The fraction of sp³-hybridized carbons (Fsp3) is 0.438. The van der Waals surface area contributed by atoms with Crippen LogP contribution in [-0.2, 0) is 16.1 Å². The smallest absolute Gasteiger partial charge is 0.241 e. The number of carbonyl (C=O) groups excluding carboxylic acids is 1. The molecule has 2 aromatic rings. The zero-order valence-electron chi connectivity index (χ0n) is 12.9. The summed E-state index contributed by atoms with van der Waals surface area (Å²) < 4.78 is 7.04. The highest BCUT2D eigenvalue weighted by atomic mass is 16.5. The Kier molecular flexibility index (Phi) is 4.99. The largest absolute Gasteiger partial charge is 0.381 e. The number of ether oxygens (including phenoxy) is 1. The second kappa shape index (κ2) is 7.34. The Balaban J connectivity index is 1.61. The van der Waals surface area contributed by atoms with Crippen molar-refractivity contribution >= 4 is 11.6 Å². The van der Waals surface area contributed by atoms with Crippen LogP contribution in [0.3, 0.4) is 0 Å². The quantitative estimate of drug-likeness (QED) is 0.859. The van der Waals surface area contributed by atoms with Crippen molar-refractivity contribution in [2.75, 3.05) is 18.5 Å². The fourth-order valence-corrected chi connectivity index (χ4v) is 2.76. The highest BCUT2D eigenvalue weighted by molar-refractivity contribution is 5.94. The summed E-state index contributed by atoms with van der Waals surface area (Å²) in [4.78, 5) is 16.3. The number of benzene rings is 1. The van der Waals surface area contributed by atoms with E-state index in [1.54, 1.807) is 11.0 Å². The summed E-state index contributed by atoms with van der Waals surface area (Å²) in [6.45, 7) is 1.97. The lowest BCUT2D eigenvalue weighted by Crippen LogP contribution is -2.44. The van der Waals surface area contributed by atoms with Crippen LogP contribution in [0.25, 0.3) is 0 Å². The molecule has 0 aliphatic carbocycles. The van der Waals surface area contributed by atoms with Crippen LogP contribution in [0.1, 0.15) is 18.4 Å². The van der Waals surface area contributed by atoms with Gasteiger partial charge in [-0.25, -0.2) is 9.67 Å². The standard InChI is InChI=1S/C16H21N5O2/c17-15(13-4-6-23-7-5-13)16(22)20-14-3-1-2-12(8-14)9-21-11-18-10-19-21/h1-3,8,10-11,13,15H,4-7,9,17H2,(H,20,22). The molecule has 1 atom stereocenters. The Morgan fingerprint density at radius 2 is 2.26 bits per heavy atom. The third-order valence-corrected chi connectivity index (χ3v) is 4.08. The number of carbonyl (C=O) groups is 1. The molecule has 1 aliphatic rings. The molecule has 23 heavy (non-hydrogen) atoms. The first kappa shape index (κ1) is 15.6. The molecular formula is C16H21N5O2. The van der Waals surface area contributed by atoms with Gasteiger partial charge in [-0.05, 0) is 36.5 Å². The fourth-order valence-electron chi connectivity index (χ4n) is 2.76. The van der Waals surface area contributed by atoms with Gasteiger partial charge in [0.1, 0.15) is 12.7 Å². The number of nitrogens with two attached hydrogens (primary N) is 1. The van der Waals surface area contributed by atoms with E-state index in [1.165, 1.54) is 6.33 Å². The van der Waals surface area contributed by atoms with Crippen molar-refractivity contribution in [2.45, 2.75) is 25.4 Å². The Bertz CT molecular complexity index is 638. The first-order valence-corrected chi connectivity index (χ1v) is 7.78. The van der Waals surface area contributed by atoms with E-state index in [0.29, 0.717) is 19.8 Å². The normalized spacial score (nSPS) is 16.9. The molecule has 1 aliphatic heterocycles. The van der Waals surface area contributed by atoms with E-state index < -0.39 is 6.04 Å². The molecular weight excluding hydrogens is 294 g/mol. The lowest BCUT2D eigenvalue weighted by molar-refractivity contribution is -0.119. The molecule has 1 unspecified atom stereocenters. The molecule has 122 valence electrons. The summed E-state index contributed by atoms with van der Waals surface area (Å²) in [6, 6.07) is 7.17. The summed E-state index contributed by atoms with van der Waals surface area (Å²) in [7, 11) is 0. The molecule has 1 amide bonds. The van der Waals surface area contributed by atoms with E-state index >= 15 is 0 Å². The summed E-state index contributed by atoms with van der Waals surface area (Å²) in [5, 5.41) is 6.99. The third kappa shape index (κ3) is 4.14. The molecule has 0 saturated carbocycles. The number of aromatic nitrogens is 3. The molecule has 1 aromatic carbocycles. The predicted octanol–water partition coefficient (Wildman–Crippen LogP) is 1.02. The molecule has 3 rings (SSSR count). The number of rotatable bonds is 5. The number of hydrogen-bond donors (Lipinski definition) is 2. The van der Waals surface area contributed by atoms with Gasteiger partial charge < -0.3 is 15.8 Å². The minimum atomic E-state index is -0.502. The van der Waals surface area contributed by atoms with E-state index in [-0.39, 0.29) is 11.8 Å². The molecule has 2 heterocycles. The highest BCUT2D eigenvalue weighted by Crippen LogP contribution is 2.19. The van der Waals surface area contributed by atoms with Gasteiger partial charge in [0.2, 0.25) is 5.91 Å². The van der Waals surface area contributed by atoms with E-state index in [0.717, 1.165) is 24.1 Å². The average molecular weight is 315 g/mol. The second-order valence-electron chi connectivity index (χ2n) is 5.76. The van der Waals surface area contributed by atoms with Gasteiger partial charge >= 0.3 is 0 Å². The van der Waals surface area contributed by atoms with Gasteiger partial charge in [-0.2, -0.15) is 5.10 Å². The van der Waals surface area contributed by atoms with Crippen LogP contribution in [-0.4, -0.2) is 39.9 Å². The zero-order chi connectivity index (χ0) is 16.1. The van der Waals surface area contributed by atoms with Crippen LogP contribution in [0.5, 0.6) is 0 Å². The molecule has 7 nitrogen and oxygen atoms in total. The number of nitrogens with zero attached hydrogens (tertiary/aromatic N) is 3. The van der Waals surface area contributed by atoms with Crippen molar-refractivity contribution in [3.63, 3.8) is 0 Å². The van der Waals surface area contributed by atoms with Crippen molar-refractivity contribution in [2.24, 2.45) is 11.7 Å². The highest BCUT2D eigenvalue weighted by Gasteiger charge is 2.26. The summed E-state index contributed by atoms with van der Waals surface area (Å²) in [5.41, 5.74) is 7.88. The maximum atomic E-state index is 12.3. The summed E-state index contributed by atoms with van der Waals surface area (Å²) in [6.07, 6.45) is 4.83. The van der Waals surface area contributed by atoms with E-state index in [4.69, 9.17) is 10.5 Å². The average Bonchev–Trinajstić information content (AvgIpc) is 3.08. The van der Waals surface area contributed by atoms with Crippen molar-refractivity contribution in [3.05, 3.63) is 42.5 Å². The van der Waals surface area contributed by atoms with Crippen LogP contribution in [0.2, 0.25) is 0 Å². The van der Waals surface area contributed by atoms with E-state index in [9.17, 15) is 4.79 Å². The van der Waals surface area contributed by atoms with Crippen molar-refractivity contribution in [1.29, 1.82) is 0 Å². The molecule has 7 heteroatoms. The third-order valence-electron chi connectivity index (χ3n) is 4.08. The minimum absolute atomic E-state index is 0.144. The number of amides is 1. The SMILES string of the molecule is NC(C(=O)Nc1cccc(Cn2cncn2)c1)C1CCOCC1. The molecule has 0 spiro atoms. The Labute approximate surface area is 134 Å². The molecule has 0 radical (unpaired) electrons. The molecule has 1 fully saturated rings. The van der Waals surface area contributed by atoms with Gasteiger partial charge in [0.25, 0.3) is 0 Å². The minimum Gasteiger partial charge on any atom is -0.381 e. The molecule has 1 saturated heterocycles. The maximum Gasteiger partial charge on any atom is 0.241 e. The van der Waals surface area contributed by atoms with Gasteiger partial charge in [-0.1, -0.05) is 12.1 Å². The van der Waals surface area contributed by atoms with Crippen LogP contribution in [0.15, 0.2) is 36.9 Å². The van der Waals surface area contributed by atoms with Gasteiger partial charge in [0, 0.05) is 18.9 Å². The van der Waals surface area contributed by atoms with Crippen molar-refractivity contribution in [1.82, 2.24) is 14.8 Å². The Hall–Kier alpha value is -2.25. The second-order valence-corrected chi connectivity index (χ2v) is 5.76. The first-order valence-electron chi connectivity index (χ1n) is 7.78. The zero-order valence-corrected chi connectivity index (χ0v) is 12.9. The van der Waals surface area contributed by atoms with E-state index in [1.807, 2.05) is 24.3 Å². The van der Waals surface area contributed by atoms with Crippen LogP contribution < -0.4 is 11.1 Å². The van der Waals surface area contributed by atoms with Crippen molar-refractivity contribution in [3.8, 4) is 0 Å². The van der Waals surface area contributed by atoms with E-state index in [2.05, 4.69) is 15.4 Å². The molecule has 3 N–H and O–H groups in total. The van der Waals surface area contributed by atoms with Crippen LogP contribution in [0.4, 0.5) is 5.69 Å². The van der Waals surface area contributed by atoms with Crippen molar-refractivity contribution < 1.29 is 9.53 Å². The van der Waals surface area contributed by atoms with Crippen LogP contribution in [0, 0.1) is 5.92 Å². The lowest BCUT2D eigenvalue weighted by Gasteiger charge is -2.26. The number of hydrogen-bond acceptors (Lipinski definition) is 5. The topological polar surface area (TPSA) is 95.1 Å². The summed E-state index contributed by atoms with van der Waals surface area (Å²) in [5.74, 6) is 0.0388. The van der Waals surface area contributed by atoms with Gasteiger partial charge in [-0.3, -0.25) is 4.79 Å². The predicted molar refractivity (Wildman–Crippen MR) is 85.7 cm³/mol. The van der Waals surface area contributed by atoms with Gasteiger partial charge in [0.15, 0.2) is 0 Å². The lowest BCUT2D eigenvalue weighted by atomic mass is 9.92. The summed E-state index contributed by atoms with van der Waals surface area (Å²) >= 11 is 0. The Morgan fingerprint density at radius 1 is 1.43 bits per heavy atom.